The van der Waals surface area contributed by atoms with Crippen LogP contribution in [0.4, 0.5) is 0 Å². The monoisotopic (exact) mass is 461 g/mol. The van der Waals surface area contributed by atoms with Gasteiger partial charge < -0.3 is 23.7 Å². The van der Waals surface area contributed by atoms with E-state index >= 15 is 0 Å². The molecule has 0 N–H and O–H groups in total. The van der Waals surface area contributed by atoms with Crippen LogP contribution in [0.15, 0.2) is 54.3 Å². The molecule has 2 aromatic carbocycles. The maximum Gasteiger partial charge on any atom is 0.339 e. The van der Waals surface area contributed by atoms with Crippen molar-refractivity contribution in [1.29, 1.82) is 0 Å². The lowest BCUT2D eigenvalue weighted by Crippen LogP contribution is -2.47. The number of esters is 1. The summed E-state index contributed by atoms with van der Waals surface area (Å²) in [5.74, 6) is 1.85. The molecule has 4 aliphatic heterocycles. The van der Waals surface area contributed by atoms with E-state index in [0.29, 0.717) is 5.76 Å². The second-order valence-corrected chi connectivity index (χ2v) is 9.71. The summed E-state index contributed by atoms with van der Waals surface area (Å²) in [4.78, 5) is 15.8. The predicted molar refractivity (Wildman–Crippen MR) is 122 cm³/mol. The van der Waals surface area contributed by atoms with E-state index in [2.05, 4.69) is 23.1 Å². The number of carbonyl (C=O) groups is 1. The molecule has 2 saturated heterocycles. The van der Waals surface area contributed by atoms with Crippen LogP contribution >= 0.6 is 0 Å². The molecule has 5 unspecified atom stereocenters. The maximum atomic E-state index is 13.3. The molecule has 4 heterocycles. The fourth-order valence-corrected chi connectivity index (χ4v) is 6.47. The molecule has 2 aromatic rings. The molecule has 34 heavy (non-hydrogen) atoms. The molecule has 0 amide bonds. The van der Waals surface area contributed by atoms with E-state index in [-0.39, 0.29) is 30.3 Å². The van der Waals surface area contributed by atoms with Crippen molar-refractivity contribution < 1.29 is 28.5 Å². The van der Waals surface area contributed by atoms with Crippen molar-refractivity contribution in [2.24, 2.45) is 0 Å². The highest BCUT2D eigenvalue weighted by Crippen LogP contribution is 2.56. The number of epoxide rings is 1. The molecule has 0 aromatic heterocycles. The number of nitrogens with zero attached hydrogens (tertiary/aromatic N) is 1. The van der Waals surface area contributed by atoms with E-state index in [9.17, 15) is 4.79 Å². The highest BCUT2D eigenvalue weighted by Gasteiger charge is 2.59. The fourth-order valence-electron chi connectivity index (χ4n) is 6.47. The summed E-state index contributed by atoms with van der Waals surface area (Å²) in [6, 6.07) is 14.0. The summed E-state index contributed by atoms with van der Waals surface area (Å²) in [5, 5.41) is 0. The molecule has 7 rings (SSSR count). The molecule has 0 saturated carbocycles. The van der Waals surface area contributed by atoms with Crippen LogP contribution in [-0.2, 0) is 25.4 Å². The van der Waals surface area contributed by atoms with Gasteiger partial charge in [0.1, 0.15) is 11.9 Å². The van der Waals surface area contributed by atoms with Crippen LogP contribution in [0.1, 0.15) is 41.6 Å². The van der Waals surface area contributed by atoms with Crippen LogP contribution in [0.3, 0.4) is 0 Å². The highest BCUT2D eigenvalue weighted by molar-refractivity contribution is 5.79. The molecule has 5 atom stereocenters. The van der Waals surface area contributed by atoms with E-state index < -0.39 is 12.2 Å². The Balaban J connectivity index is 1.25. The first kappa shape index (κ1) is 20.4. The number of ether oxygens (including phenoxy) is 5. The third kappa shape index (κ3) is 2.93. The summed E-state index contributed by atoms with van der Waals surface area (Å²) in [6.45, 7) is 2.20. The average molecular weight is 462 g/mol. The number of benzene rings is 2. The number of hydrogen-bond donors (Lipinski definition) is 0. The summed E-state index contributed by atoms with van der Waals surface area (Å²) in [7, 11) is 1.66. The Kier molecular flexibility index (Phi) is 4.48. The number of carbonyl (C=O) groups excluding carboxylic acids is 1. The van der Waals surface area contributed by atoms with Gasteiger partial charge in [-0.1, -0.05) is 30.3 Å². The Bertz CT molecular complexity index is 1180. The summed E-state index contributed by atoms with van der Waals surface area (Å²) in [5.41, 5.74) is 3.13. The van der Waals surface area contributed by atoms with Gasteiger partial charge in [0.2, 0.25) is 6.79 Å². The lowest BCUT2D eigenvalue weighted by molar-refractivity contribution is -0.151. The van der Waals surface area contributed by atoms with Crippen molar-refractivity contribution in [3.63, 3.8) is 0 Å². The van der Waals surface area contributed by atoms with Crippen LogP contribution in [0.5, 0.6) is 11.5 Å². The van der Waals surface area contributed by atoms with Gasteiger partial charge in [-0.25, -0.2) is 4.79 Å². The molecule has 2 fully saturated rings. The van der Waals surface area contributed by atoms with Crippen molar-refractivity contribution in [1.82, 2.24) is 4.90 Å². The first-order valence-corrected chi connectivity index (χ1v) is 12.0. The Morgan fingerprint density at radius 1 is 1.12 bits per heavy atom. The van der Waals surface area contributed by atoms with Gasteiger partial charge in [-0.15, -0.1) is 0 Å². The molecule has 1 spiro atoms. The van der Waals surface area contributed by atoms with E-state index in [0.717, 1.165) is 55.0 Å². The quantitative estimate of drug-likeness (QED) is 0.510. The number of fused-ring (bicyclic) bond motifs is 3. The SMILES string of the molecule is COC1=CC23CCCN2CCc2cc4c(cc2C3C1OC(=O)C1OC1c1ccccc1)OCO4. The Morgan fingerprint density at radius 3 is 2.76 bits per heavy atom. The minimum absolute atomic E-state index is 0.0742. The summed E-state index contributed by atoms with van der Waals surface area (Å²) >= 11 is 0. The van der Waals surface area contributed by atoms with Crippen molar-refractivity contribution in [3.8, 4) is 11.5 Å². The largest absolute Gasteiger partial charge is 0.497 e. The number of rotatable bonds is 4. The molecule has 0 bridgehead atoms. The highest BCUT2D eigenvalue weighted by atomic mass is 16.7. The molecule has 7 heteroatoms. The van der Waals surface area contributed by atoms with Gasteiger partial charge in [0, 0.05) is 6.54 Å². The second-order valence-electron chi connectivity index (χ2n) is 9.71. The minimum atomic E-state index is -0.585. The van der Waals surface area contributed by atoms with Crippen LogP contribution in [0, 0.1) is 0 Å². The predicted octanol–water partition coefficient (Wildman–Crippen LogP) is 3.49. The number of hydrogen-bond acceptors (Lipinski definition) is 7. The summed E-state index contributed by atoms with van der Waals surface area (Å²) in [6.07, 6.45) is 3.88. The average Bonchev–Trinajstić information content (AvgIpc) is 3.26. The normalized spacial score (nSPS) is 32.8. The number of methoxy groups -OCH3 is 1. The van der Waals surface area contributed by atoms with Crippen molar-refractivity contribution in [2.75, 3.05) is 27.0 Å². The zero-order chi connectivity index (χ0) is 22.9. The lowest BCUT2D eigenvalue weighted by atomic mass is 9.77. The molecule has 7 nitrogen and oxygen atoms in total. The molecule has 176 valence electrons. The smallest absolute Gasteiger partial charge is 0.339 e. The van der Waals surface area contributed by atoms with Gasteiger partial charge in [0.15, 0.2) is 23.7 Å². The van der Waals surface area contributed by atoms with Gasteiger partial charge >= 0.3 is 5.97 Å². The summed E-state index contributed by atoms with van der Waals surface area (Å²) < 4.78 is 29.2. The van der Waals surface area contributed by atoms with Gasteiger partial charge in [-0.2, -0.15) is 0 Å². The Labute approximate surface area is 198 Å². The van der Waals surface area contributed by atoms with Gasteiger partial charge in [-0.3, -0.25) is 4.90 Å². The lowest BCUT2D eigenvalue weighted by Gasteiger charge is -2.39. The van der Waals surface area contributed by atoms with Crippen LogP contribution < -0.4 is 9.47 Å². The zero-order valence-electron chi connectivity index (χ0n) is 19.1. The van der Waals surface area contributed by atoms with Crippen LogP contribution in [0.25, 0.3) is 0 Å². The van der Waals surface area contributed by atoms with Gasteiger partial charge in [0.05, 0.1) is 18.6 Å². The van der Waals surface area contributed by atoms with Crippen LogP contribution in [0.2, 0.25) is 0 Å². The zero-order valence-corrected chi connectivity index (χ0v) is 19.1. The van der Waals surface area contributed by atoms with E-state index in [4.69, 9.17) is 23.7 Å². The van der Waals surface area contributed by atoms with E-state index in [1.807, 2.05) is 30.3 Å². The third-order valence-electron chi connectivity index (χ3n) is 8.06. The van der Waals surface area contributed by atoms with E-state index in [1.54, 1.807) is 7.11 Å². The first-order valence-electron chi connectivity index (χ1n) is 12.0. The second kappa shape index (κ2) is 7.48. The van der Waals surface area contributed by atoms with Gasteiger partial charge in [0.25, 0.3) is 0 Å². The Morgan fingerprint density at radius 2 is 1.94 bits per heavy atom. The maximum absolute atomic E-state index is 13.3. The molecule has 0 radical (unpaired) electrons. The molecule has 1 aliphatic carbocycles. The standard InChI is InChI=1S/C27H27NO6/c1-30-21-14-27-9-5-10-28(27)11-8-17-12-19-20(32-15-31-19)13-18(17)22(27)24(21)34-26(29)25-23(33-25)16-6-3-2-4-7-16/h2-4,6-7,12-14,22-25H,5,8-11,15H2,1H3. The fraction of sp³-hybridized carbons (Fsp3) is 0.444. The first-order chi connectivity index (χ1) is 16.7. The topological polar surface area (TPSA) is 69.8 Å². The molecular weight excluding hydrogens is 434 g/mol. The van der Waals surface area contributed by atoms with Crippen LogP contribution in [-0.4, -0.2) is 55.6 Å². The van der Waals surface area contributed by atoms with Crippen molar-refractivity contribution in [2.45, 2.75) is 49.0 Å². The van der Waals surface area contributed by atoms with Crippen molar-refractivity contribution >= 4 is 5.97 Å². The molecule has 5 aliphatic rings. The minimum Gasteiger partial charge on any atom is -0.497 e. The van der Waals surface area contributed by atoms with Gasteiger partial charge in [-0.05, 0) is 60.7 Å². The van der Waals surface area contributed by atoms with Crippen molar-refractivity contribution in [3.05, 3.63) is 71.0 Å². The Hall–Kier alpha value is -3.03. The third-order valence-corrected chi connectivity index (χ3v) is 8.06. The van der Waals surface area contributed by atoms with E-state index in [1.165, 1.54) is 5.56 Å². The molecular formula is C27H27NO6.